The van der Waals surface area contributed by atoms with Gasteiger partial charge in [-0.25, -0.2) is 15.2 Å². The number of carboxylic acid groups (broad SMARTS) is 1. The highest BCUT2D eigenvalue weighted by Gasteiger charge is 2.11. The van der Waals surface area contributed by atoms with Crippen LogP contribution in [0.2, 0.25) is 5.15 Å². The van der Waals surface area contributed by atoms with E-state index in [2.05, 4.69) is 47.4 Å². The van der Waals surface area contributed by atoms with Crippen molar-refractivity contribution in [1.29, 1.82) is 0 Å². The van der Waals surface area contributed by atoms with Gasteiger partial charge in [0.05, 0.1) is 20.7 Å². The molecule has 0 aliphatic heterocycles. The molecule has 0 fully saturated rings. The number of pyridine rings is 1. The van der Waals surface area contributed by atoms with E-state index in [1.165, 1.54) is 18.5 Å². The zero-order valence-corrected chi connectivity index (χ0v) is 16.3. The molecular formula is C15H10Br2ClN3O4. The predicted octanol–water partition coefficient (Wildman–Crippen LogP) is 3.49. The number of aliphatic carboxylic acids is 1. The molecule has 0 aliphatic rings. The third kappa shape index (κ3) is 5.52. The van der Waals surface area contributed by atoms with E-state index in [1.807, 2.05) is 0 Å². The third-order valence-electron chi connectivity index (χ3n) is 2.74. The first-order chi connectivity index (χ1) is 11.9. The number of halogens is 3. The van der Waals surface area contributed by atoms with Crippen molar-refractivity contribution >= 4 is 61.6 Å². The maximum atomic E-state index is 11.9. The van der Waals surface area contributed by atoms with Crippen molar-refractivity contribution in [2.45, 2.75) is 0 Å². The van der Waals surface area contributed by atoms with Crippen LogP contribution in [-0.2, 0) is 4.79 Å². The van der Waals surface area contributed by atoms with Gasteiger partial charge in [0.1, 0.15) is 10.9 Å². The Morgan fingerprint density at radius 2 is 2.04 bits per heavy atom. The molecule has 0 radical (unpaired) electrons. The summed E-state index contributed by atoms with van der Waals surface area (Å²) >= 11 is 12.4. The van der Waals surface area contributed by atoms with Crippen LogP contribution >= 0.6 is 43.5 Å². The van der Waals surface area contributed by atoms with Crippen molar-refractivity contribution < 1.29 is 19.4 Å². The summed E-state index contributed by atoms with van der Waals surface area (Å²) in [5.41, 5.74) is 3.20. The molecule has 0 saturated heterocycles. The molecule has 0 saturated carbocycles. The molecule has 25 heavy (non-hydrogen) atoms. The molecular weight excluding hydrogens is 481 g/mol. The molecule has 7 nitrogen and oxygen atoms in total. The van der Waals surface area contributed by atoms with E-state index in [1.54, 1.807) is 18.2 Å². The number of nitrogens with zero attached hydrogens (tertiary/aromatic N) is 2. The number of aromatic nitrogens is 1. The van der Waals surface area contributed by atoms with Gasteiger partial charge < -0.3 is 9.84 Å². The Kier molecular flexibility index (Phi) is 6.91. The van der Waals surface area contributed by atoms with E-state index in [0.29, 0.717) is 20.3 Å². The van der Waals surface area contributed by atoms with Crippen LogP contribution in [-0.4, -0.2) is 34.8 Å². The minimum Gasteiger partial charge on any atom is -0.480 e. The monoisotopic (exact) mass is 489 g/mol. The second kappa shape index (κ2) is 8.93. The molecule has 0 atom stereocenters. The molecule has 0 unspecified atom stereocenters. The maximum absolute atomic E-state index is 11.9. The second-order valence-electron chi connectivity index (χ2n) is 4.54. The summed E-state index contributed by atoms with van der Waals surface area (Å²) < 4.78 is 6.24. The van der Waals surface area contributed by atoms with Gasteiger partial charge in [-0.3, -0.25) is 4.79 Å². The molecule has 130 valence electrons. The Morgan fingerprint density at radius 3 is 2.64 bits per heavy atom. The van der Waals surface area contributed by atoms with Crippen LogP contribution in [0.3, 0.4) is 0 Å². The molecule has 1 heterocycles. The van der Waals surface area contributed by atoms with Crippen LogP contribution in [0, 0.1) is 0 Å². The lowest BCUT2D eigenvalue weighted by Crippen LogP contribution is -2.18. The molecule has 1 amide bonds. The number of carbonyl (C=O) groups is 2. The van der Waals surface area contributed by atoms with Gasteiger partial charge in [-0.1, -0.05) is 11.6 Å². The fraction of sp³-hybridized carbons (Fsp3) is 0.0667. The molecule has 2 N–H and O–H groups in total. The number of amides is 1. The highest BCUT2D eigenvalue weighted by molar-refractivity contribution is 9.11. The van der Waals surface area contributed by atoms with E-state index in [-0.39, 0.29) is 10.7 Å². The topological polar surface area (TPSA) is 101 Å². The van der Waals surface area contributed by atoms with E-state index in [4.69, 9.17) is 21.4 Å². The largest absolute Gasteiger partial charge is 0.480 e. The number of nitrogens with one attached hydrogen (secondary N) is 1. The Morgan fingerprint density at radius 1 is 1.36 bits per heavy atom. The number of rotatable bonds is 6. The zero-order chi connectivity index (χ0) is 18.4. The fourth-order valence-electron chi connectivity index (χ4n) is 1.71. The SMILES string of the molecule is O=C(O)COc1c(Br)cc(C=NNC(=O)c2cccnc2Cl)cc1Br. The molecule has 0 bridgehead atoms. The molecule has 10 heteroatoms. The predicted molar refractivity (Wildman–Crippen MR) is 99.3 cm³/mol. The summed E-state index contributed by atoms with van der Waals surface area (Å²) in [5, 5.41) is 12.6. The normalized spacial score (nSPS) is 10.7. The van der Waals surface area contributed by atoms with Crippen molar-refractivity contribution in [2.24, 2.45) is 5.10 Å². The van der Waals surface area contributed by atoms with Crippen LogP contribution in [0.25, 0.3) is 0 Å². The summed E-state index contributed by atoms with van der Waals surface area (Å²) in [5.74, 6) is -1.22. The molecule has 0 aliphatic carbocycles. The highest BCUT2D eigenvalue weighted by atomic mass is 79.9. The van der Waals surface area contributed by atoms with E-state index in [9.17, 15) is 9.59 Å². The summed E-state index contributed by atoms with van der Waals surface area (Å²) in [6.07, 6.45) is 2.89. The van der Waals surface area contributed by atoms with Gasteiger partial charge in [0, 0.05) is 6.20 Å². The smallest absolute Gasteiger partial charge is 0.341 e. The quantitative estimate of drug-likeness (QED) is 0.366. The van der Waals surface area contributed by atoms with Crippen LogP contribution in [0.4, 0.5) is 0 Å². The summed E-state index contributed by atoms with van der Waals surface area (Å²) in [7, 11) is 0. The van der Waals surface area contributed by atoms with Gasteiger partial charge in [-0.15, -0.1) is 0 Å². The number of ether oxygens (including phenoxy) is 1. The first-order valence-corrected chi connectivity index (χ1v) is 8.62. The summed E-state index contributed by atoms with van der Waals surface area (Å²) in [4.78, 5) is 26.3. The lowest BCUT2D eigenvalue weighted by atomic mass is 10.2. The van der Waals surface area contributed by atoms with Crippen molar-refractivity contribution in [2.75, 3.05) is 6.61 Å². The van der Waals surface area contributed by atoms with Gasteiger partial charge in [0.15, 0.2) is 6.61 Å². The molecule has 2 aromatic rings. The molecule has 2 rings (SSSR count). The number of hydrazone groups is 1. The van der Waals surface area contributed by atoms with Crippen molar-refractivity contribution in [1.82, 2.24) is 10.4 Å². The van der Waals surface area contributed by atoms with E-state index in [0.717, 1.165) is 0 Å². The minimum absolute atomic E-state index is 0.0839. The first-order valence-electron chi connectivity index (χ1n) is 6.66. The Hall–Kier alpha value is -1.97. The van der Waals surface area contributed by atoms with Crippen molar-refractivity contribution in [3.63, 3.8) is 0 Å². The number of carboxylic acids is 1. The second-order valence-corrected chi connectivity index (χ2v) is 6.60. The lowest BCUT2D eigenvalue weighted by molar-refractivity contribution is -0.139. The van der Waals surface area contributed by atoms with Crippen LogP contribution in [0.5, 0.6) is 5.75 Å². The van der Waals surface area contributed by atoms with Gasteiger partial charge in [-0.2, -0.15) is 5.10 Å². The average Bonchev–Trinajstić information content (AvgIpc) is 2.54. The van der Waals surface area contributed by atoms with Gasteiger partial charge in [0.2, 0.25) is 0 Å². The van der Waals surface area contributed by atoms with Gasteiger partial charge >= 0.3 is 5.97 Å². The van der Waals surface area contributed by atoms with Gasteiger partial charge in [0.25, 0.3) is 5.91 Å². The van der Waals surface area contributed by atoms with Gasteiger partial charge in [-0.05, 0) is 61.7 Å². The Bertz CT molecular complexity index is 822. The van der Waals surface area contributed by atoms with E-state index >= 15 is 0 Å². The summed E-state index contributed by atoms with van der Waals surface area (Å²) in [6, 6.07) is 6.44. The van der Waals surface area contributed by atoms with Crippen LogP contribution < -0.4 is 10.2 Å². The van der Waals surface area contributed by atoms with Crippen molar-refractivity contribution in [3.05, 3.63) is 55.7 Å². The highest BCUT2D eigenvalue weighted by Crippen LogP contribution is 2.34. The number of hydrogen-bond acceptors (Lipinski definition) is 5. The van der Waals surface area contributed by atoms with E-state index < -0.39 is 18.5 Å². The lowest BCUT2D eigenvalue weighted by Gasteiger charge is -2.09. The third-order valence-corrected chi connectivity index (χ3v) is 4.22. The molecule has 1 aromatic carbocycles. The van der Waals surface area contributed by atoms with Crippen molar-refractivity contribution in [3.8, 4) is 5.75 Å². The zero-order valence-electron chi connectivity index (χ0n) is 12.4. The molecule has 1 aromatic heterocycles. The Balaban J connectivity index is 2.07. The number of hydrogen-bond donors (Lipinski definition) is 2. The molecule has 0 spiro atoms. The average molecular weight is 492 g/mol. The fourth-order valence-corrected chi connectivity index (χ4v) is 3.36. The summed E-state index contributed by atoms with van der Waals surface area (Å²) in [6.45, 7) is -0.466. The number of benzene rings is 1. The standard InChI is InChI=1S/C15H10Br2ClN3O4/c16-10-4-8(5-11(17)13(10)25-7-12(22)23)6-20-21-15(24)9-2-1-3-19-14(9)18/h1-6H,7H2,(H,21,24)(H,22,23). The van der Waals surface area contributed by atoms with Crippen LogP contribution in [0.15, 0.2) is 44.5 Å². The number of carbonyl (C=O) groups excluding carboxylic acids is 1. The Labute approximate surface area is 164 Å². The minimum atomic E-state index is -1.08. The van der Waals surface area contributed by atoms with Crippen LogP contribution in [0.1, 0.15) is 15.9 Å². The first kappa shape index (κ1) is 19.4. The maximum Gasteiger partial charge on any atom is 0.341 e.